The Morgan fingerprint density at radius 2 is 1.89 bits per heavy atom. The van der Waals surface area contributed by atoms with Crippen LogP contribution in [0.4, 0.5) is 10.1 Å². The lowest BCUT2D eigenvalue weighted by Gasteiger charge is -2.18. The fourth-order valence-corrected chi connectivity index (χ4v) is 2.21. The third-order valence-electron chi connectivity index (χ3n) is 2.64. The zero-order valence-corrected chi connectivity index (χ0v) is 11.4. The lowest BCUT2D eigenvalue weighted by Crippen LogP contribution is -2.15. The number of hydrogen-bond acceptors (Lipinski definition) is 2. The molecular formula is C14H12Cl2FNO. The quantitative estimate of drug-likeness (QED) is 0.883. The van der Waals surface area contributed by atoms with E-state index < -0.39 is 11.9 Å². The standard InChI is InChI=1S/C14H12Cl2FNO/c15-10-2-1-3-13(7-10)18-14(8-19)9-4-11(16)6-12(17)5-9/h1-7,14,18-19H,8H2. The average Bonchev–Trinajstić information content (AvgIpc) is 2.34. The third-order valence-corrected chi connectivity index (χ3v) is 3.09. The molecule has 0 aromatic heterocycles. The van der Waals surface area contributed by atoms with Crippen LogP contribution < -0.4 is 5.32 Å². The Morgan fingerprint density at radius 1 is 1.11 bits per heavy atom. The molecule has 2 rings (SSSR count). The van der Waals surface area contributed by atoms with Crippen molar-refractivity contribution in [3.63, 3.8) is 0 Å². The number of aliphatic hydroxyl groups is 1. The number of halogens is 3. The number of rotatable bonds is 4. The fraction of sp³-hybridized carbons (Fsp3) is 0.143. The summed E-state index contributed by atoms with van der Waals surface area (Å²) in [6, 6.07) is 10.8. The van der Waals surface area contributed by atoms with Crippen molar-refractivity contribution >= 4 is 28.9 Å². The molecule has 0 aliphatic rings. The van der Waals surface area contributed by atoms with Crippen molar-refractivity contribution < 1.29 is 9.50 Å². The zero-order valence-electron chi connectivity index (χ0n) is 9.91. The van der Waals surface area contributed by atoms with Gasteiger partial charge >= 0.3 is 0 Å². The van der Waals surface area contributed by atoms with Crippen molar-refractivity contribution in [3.8, 4) is 0 Å². The second kappa shape index (κ2) is 6.24. The number of aliphatic hydroxyl groups excluding tert-OH is 1. The Morgan fingerprint density at radius 3 is 2.53 bits per heavy atom. The first-order valence-electron chi connectivity index (χ1n) is 5.67. The highest BCUT2D eigenvalue weighted by Gasteiger charge is 2.12. The minimum absolute atomic E-state index is 0.188. The van der Waals surface area contributed by atoms with Gasteiger partial charge < -0.3 is 10.4 Å². The Balaban J connectivity index is 2.24. The first-order chi connectivity index (χ1) is 9.08. The van der Waals surface area contributed by atoms with Crippen molar-refractivity contribution in [2.24, 2.45) is 0 Å². The maximum absolute atomic E-state index is 13.3. The van der Waals surface area contributed by atoms with E-state index in [0.29, 0.717) is 15.6 Å². The van der Waals surface area contributed by atoms with Gasteiger partial charge in [-0.1, -0.05) is 29.3 Å². The van der Waals surface area contributed by atoms with Crippen molar-refractivity contribution in [2.75, 3.05) is 11.9 Å². The predicted molar refractivity (Wildman–Crippen MR) is 76.3 cm³/mol. The molecule has 2 aromatic rings. The molecule has 0 heterocycles. The lowest BCUT2D eigenvalue weighted by molar-refractivity contribution is 0.276. The molecule has 0 saturated carbocycles. The largest absolute Gasteiger partial charge is 0.394 e. The van der Waals surface area contributed by atoms with Gasteiger partial charge in [0.1, 0.15) is 5.82 Å². The van der Waals surface area contributed by atoms with Gasteiger partial charge in [-0.3, -0.25) is 0 Å². The van der Waals surface area contributed by atoms with Crippen LogP contribution in [0.25, 0.3) is 0 Å². The summed E-state index contributed by atoms with van der Waals surface area (Å²) in [4.78, 5) is 0. The lowest BCUT2D eigenvalue weighted by atomic mass is 10.1. The minimum atomic E-state index is -0.452. The van der Waals surface area contributed by atoms with Crippen molar-refractivity contribution in [1.82, 2.24) is 0 Å². The molecule has 19 heavy (non-hydrogen) atoms. The van der Waals surface area contributed by atoms with E-state index in [4.69, 9.17) is 23.2 Å². The number of anilines is 1. The Hall–Kier alpha value is -1.29. The van der Waals surface area contributed by atoms with Crippen LogP contribution in [0.5, 0.6) is 0 Å². The topological polar surface area (TPSA) is 32.3 Å². The molecule has 0 aliphatic heterocycles. The highest BCUT2D eigenvalue weighted by Crippen LogP contribution is 2.24. The number of nitrogens with one attached hydrogen (secondary N) is 1. The Kier molecular flexibility index (Phi) is 4.64. The highest BCUT2D eigenvalue weighted by molar-refractivity contribution is 6.31. The van der Waals surface area contributed by atoms with Crippen LogP contribution in [-0.4, -0.2) is 11.7 Å². The molecule has 2 N–H and O–H groups in total. The molecule has 2 aromatic carbocycles. The molecule has 0 saturated heterocycles. The van der Waals surface area contributed by atoms with E-state index in [-0.39, 0.29) is 6.61 Å². The van der Waals surface area contributed by atoms with Gasteiger partial charge in [0.2, 0.25) is 0 Å². The predicted octanol–water partition coefficient (Wildman–Crippen LogP) is 4.28. The van der Waals surface area contributed by atoms with Crippen LogP contribution in [0.15, 0.2) is 42.5 Å². The van der Waals surface area contributed by atoms with E-state index in [1.54, 1.807) is 24.3 Å². The van der Waals surface area contributed by atoms with Crippen molar-refractivity contribution in [1.29, 1.82) is 0 Å². The second-order valence-corrected chi connectivity index (χ2v) is 4.97. The van der Waals surface area contributed by atoms with Crippen LogP contribution in [0.1, 0.15) is 11.6 Å². The molecule has 0 bridgehead atoms. The van der Waals surface area contributed by atoms with Crippen LogP contribution in [0, 0.1) is 5.82 Å². The van der Waals surface area contributed by atoms with Gasteiger partial charge in [0.15, 0.2) is 0 Å². The first kappa shape index (κ1) is 14.1. The molecule has 0 spiro atoms. The van der Waals surface area contributed by atoms with Gasteiger partial charge in [0, 0.05) is 15.7 Å². The summed E-state index contributed by atoms with van der Waals surface area (Å²) in [6.07, 6.45) is 0. The smallest absolute Gasteiger partial charge is 0.125 e. The van der Waals surface area contributed by atoms with Crippen LogP contribution in [0.3, 0.4) is 0 Å². The van der Waals surface area contributed by atoms with Gasteiger partial charge in [-0.25, -0.2) is 4.39 Å². The zero-order chi connectivity index (χ0) is 13.8. The summed E-state index contributed by atoms with van der Waals surface area (Å²) in [5.74, 6) is -0.436. The summed E-state index contributed by atoms with van der Waals surface area (Å²) in [5.41, 5.74) is 1.32. The van der Waals surface area contributed by atoms with Gasteiger partial charge in [-0.2, -0.15) is 0 Å². The summed E-state index contributed by atoms with van der Waals surface area (Å²) >= 11 is 11.7. The first-order valence-corrected chi connectivity index (χ1v) is 6.43. The van der Waals surface area contributed by atoms with Gasteiger partial charge in [0.05, 0.1) is 12.6 Å². The van der Waals surface area contributed by atoms with Crippen LogP contribution in [0.2, 0.25) is 10.0 Å². The molecule has 5 heteroatoms. The summed E-state index contributed by atoms with van der Waals surface area (Å²) in [5, 5.41) is 13.4. The molecule has 0 radical (unpaired) electrons. The van der Waals surface area contributed by atoms with Crippen LogP contribution >= 0.6 is 23.2 Å². The van der Waals surface area contributed by atoms with E-state index in [2.05, 4.69) is 5.32 Å². The molecular weight excluding hydrogens is 288 g/mol. The molecule has 0 aliphatic carbocycles. The minimum Gasteiger partial charge on any atom is -0.394 e. The SMILES string of the molecule is OCC(Nc1cccc(Cl)c1)c1cc(F)cc(Cl)c1. The van der Waals surface area contributed by atoms with Gasteiger partial charge in [0.25, 0.3) is 0 Å². The number of hydrogen-bond donors (Lipinski definition) is 2. The summed E-state index contributed by atoms with van der Waals surface area (Å²) < 4.78 is 13.3. The van der Waals surface area contributed by atoms with Gasteiger partial charge in [-0.05, 0) is 42.0 Å². The molecule has 100 valence electrons. The van der Waals surface area contributed by atoms with E-state index in [9.17, 15) is 9.50 Å². The van der Waals surface area contributed by atoms with E-state index >= 15 is 0 Å². The van der Waals surface area contributed by atoms with Crippen molar-refractivity contribution in [2.45, 2.75) is 6.04 Å². The van der Waals surface area contributed by atoms with Crippen molar-refractivity contribution in [3.05, 3.63) is 63.9 Å². The number of benzene rings is 2. The monoisotopic (exact) mass is 299 g/mol. The van der Waals surface area contributed by atoms with E-state index in [0.717, 1.165) is 5.69 Å². The average molecular weight is 300 g/mol. The van der Waals surface area contributed by atoms with E-state index in [1.165, 1.54) is 12.1 Å². The highest BCUT2D eigenvalue weighted by atomic mass is 35.5. The maximum atomic E-state index is 13.3. The maximum Gasteiger partial charge on any atom is 0.125 e. The molecule has 1 unspecified atom stereocenters. The Bertz CT molecular complexity index is 557. The summed E-state index contributed by atoms with van der Waals surface area (Å²) in [6.45, 7) is -0.188. The van der Waals surface area contributed by atoms with E-state index in [1.807, 2.05) is 6.07 Å². The Labute approximate surface area is 120 Å². The second-order valence-electron chi connectivity index (χ2n) is 4.09. The third kappa shape index (κ3) is 3.83. The van der Waals surface area contributed by atoms with Crippen LogP contribution in [-0.2, 0) is 0 Å². The molecule has 0 amide bonds. The summed E-state index contributed by atoms with van der Waals surface area (Å²) in [7, 11) is 0. The molecule has 2 nitrogen and oxygen atoms in total. The molecule has 0 fully saturated rings. The fourth-order valence-electron chi connectivity index (χ4n) is 1.79. The van der Waals surface area contributed by atoms with Gasteiger partial charge in [-0.15, -0.1) is 0 Å². The normalized spacial score (nSPS) is 12.2. The molecule has 1 atom stereocenters.